The molecule has 0 saturated carbocycles. The van der Waals surface area contributed by atoms with Gasteiger partial charge in [-0.15, -0.1) is 0 Å². The minimum atomic E-state index is -3.88. The van der Waals surface area contributed by atoms with E-state index < -0.39 is 10.1 Å². The number of quaternary nitrogens is 1. The Morgan fingerprint density at radius 3 is 2.25 bits per heavy atom. The highest BCUT2D eigenvalue weighted by Gasteiger charge is 2.16. The fourth-order valence-electron chi connectivity index (χ4n) is 1.70. The first-order valence-electron chi connectivity index (χ1n) is 6.95. The summed E-state index contributed by atoms with van der Waals surface area (Å²) in [5.41, 5.74) is 0. The fourth-order valence-corrected chi connectivity index (χ4v) is 2.19. The lowest BCUT2D eigenvalue weighted by atomic mass is 10.3. The zero-order valence-corrected chi connectivity index (χ0v) is 13.5. The van der Waals surface area contributed by atoms with Gasteiger partial charge >= 0.3 is 6.03 Å². The molecule has 0 aliphatic carbocycles. The normalized spacial score (nSPS) is 12.2. The number of hydrogen-bond acceptors (Lipinski definition) is 3. The van der Waals surface area contributed by atoms with Crippen molar-refractivity contribution < 1.29 is 22.2 Å². The van der Waals surface area contributed by atoms with E-state index in [9.17, 15) is 13.2 Å². The second-order valence-electron chi connectivity index (χ2n) is 5.56. The standard InChI is InChI=1S/C12H27N3O4S/c1-4-5-7-13-12(16)14-8-10-15(2,3)9-6-11-20(17,18)19/h4-11H2,1-3H3,(H2-,13,14,16,17,18,19)/p+1. The summed E-state index contributed by atoms with van der Waals surface area (Å²) in [4.78, 5) is 11.4. The fraction of sp³-hybridized carbons (Fsp3) is 0.917. The average molecular weight is 310 g/mol. The minimum absolute atomic E-state index is 0.170. The molecule has 0 spiro atoms. The summed E-state index contributed by atoms with van der Waals surface area (Å²) in [5, 5.41) is 5.53. The largest absolute Gasteiger partial charge is 0.338 e. The molecule has 3 N–H and O–H groups in total. The zero-order chi connectivity index (χ0) is 15.6. The highest BCUT2D eigenvalue weighted by molar-refractivity contribution is 7.85. The maximum Gasteiger partial charge on any atom is 0.314 e. The van der Waals surface area contributed by atoms with Crippen molar-refractivity contribution in [2.45, 2.75) is 26.2 Å². The lowest BCUT2D eigenvalue weighted by Crippen LogP contribution is -2.47. The second kappa shape index (κ2) is 9.15. The molecule has 8 heteroatoms. The summed E-state index contributed by atoms with van der Waals surface area (Å²) < 4.78 is 30.5. The van der Waals surface area contributed by atoms with Crippen molar-refractivity contribution in [3.05, 3.63) is 0 Å². The van der Waals surface area contributed by atoms with Gasteiger partial charge in [-0.25, -0.2) is 4.79 Å². The van der Waals surface area contributed by atoms with Crippen LogP contribution in [0.3, 0.4) is 0 Å². The van der Waals surface area contributed by atoms with Crippen molar-refractivity contribution in [1.82, 2.24) is 10.6 Å². The molecule has 0 unspecified atom stereocenters. The van der Waals surface area contributed by atoms with E-state index in [0.29, 0.717) is 37.1 Å². The van der Waals surface area contributed by atoms with Crippen molar-refractivity contribution in [2.24, 2.45) is 0 Å². The number of nitrogens with one attached hydrogen (secondary N) is 2. The van der Waals surface area contributed by atoms with Crippen molar-refractivity contribution >= 4 is 16.1 Å². The monoisotopic (exact) mass is 310 g/mol. The number of amides is 2. The van der Waals surface area contributed by atoms with E-state index in [1.165, 1.54) is 0 Å². The summed E-state index contributed by atoms with van der Waals surface area (Å²) in [6, 6.07) is -0.170. The SMILES string of the molecule is CCCCNC(=O)NCC[N+](C)(C)CCCS(=O)(=O)O. The third-order valence-electron chi connectivity index (χ3n) is 2.98. The molecule has 0 rings (SSSR count). The molecule has 120 valence electrons. The van der Waals surface area contributed by atoms with Crippen molar-refractivity contribution in [3.8, 4) is 0 Å². The summed E-state index contributed by atoms with van der Waals surface area (Å²) in [7, 11) is 0.0349. The molecular formula is C12H28N3O4S+. The number of likely N-dealkylation sites (N-methyl/N-ethyl adjacent to an activating group) is 1. The topological polar surface area (TPSA) is 95.5 Å². The van der Waals surface area contributed by atoms with E-state index >= 15 is 0 Å². The van der Waals surface area contributed by atoms with Crippen LogP contribution in [0.2, 0.25) is 0 Å². The number of nitrogens with zero attached hydrogens (tertiary/aromatic N) is 1. The van der Waals surface area contributed by atoms with Gasteiger partial charge in [-0.2, -0.15) is 8.42 Å². The summed E-state index contributed by atoms with van der Waals surface area (Å²) in [5.74, 6) is -0.223. The Labute approximate surface area is 122 Å². The minimum Gasteiger partial charge on any atom is -0.338 e. The number of hydrogen-bond donors (Lipinski definition) is 3. The number of carbonyl (C=O) groups excluding carboxylic acids is 1. The molecule has 0 radical (unpaired) electrons. The van der Waals surface area contributed by atoms with Crippen LogP contribution in [0.1, 0.15) is 26.2 Å². The average Bonchev–Trinajstić information content (AvgIpc) is 2.26. The Morgan fingerprint density at radius 1 is 1.10 bits per heavy atom. The molecule has 0 aliphatic rings. The van der Waals surface area contributed by atoms with Gasteiger partial charge in [0.05, 0.1) is 39.5 Å². The molecular weight excluding hydrogens is 282 g/mol. The molecule has 0 bridgehead atoms. The predicted molar refractivity (Wildman–Crippen MR) is 79.2 cm³/mol. The van der Waals surface area contributed by atoms with Crippen LogP contribution in [0.5, 0.6) is 0 Å². The molecule has 0 aliphatic heterocycles. The van der Waals surface area contributed by atoms with Crippen molar-refractivity contribution in [2.75, 3.05) is 46.0 Å². The van der Waals surface area contributed by atoms with Gasteiger partial charge in [0, 0.05) is 13.0 Å². The van der Waals surface area contributed by atoms with Crippen LogP contribution in [0.4, 0.5) is 4.79 Å². The lowest BCUT2D eigenvalue weighted by molar-refractivity contribution is -0.889. The molecule has 0 saturated heterocycles. The van der Waals surface area contributed by atoms with Gasteiger partial charge in [-0.3, -0.25) is 4.55 Å². The first-order chi connectivity index (χ1) is 9.16. The summed E-state index contributed by atoms with van der Waals surface area (Å²) in [6.07, 6.45) is 2.40. The molecule has 0 atom stereocenters. The quantitative estimate of drug-likeness (QED) is 0.310. The highest BCUT2D eigenvalue weighted by Crippen LogP contribution is 2.00. The van der Waals surface area contributed by atoms with E-state index in [4.69, 9.17) is 4.55 Å². The number of carbonyl (C=O) groups is 1. The van der Waals surface area contributed by atoms with Crippen LogP contribution < -0.4 is 10.6 Å². The Hall–Kier alpha value is -0.860. The molecule has 0 aromatic carbocycles. The Balaban J connectivity index is 3.78. The van der Waals surface area contributed by atoms with Gasteiger partial charge in [-0.05, 0) is 6.42 Å². The molecule has 2 amide bonds. The Kier molecular flexibility index (Phi) is 8.75. The molecule has 0 fully saturated rings. The molecule has 0 aromatic rings. The second-order valence-corrected chi connectivity index (χ2v) is 7.13. The van der Waals surface area contributed by atoms with Crippen LogP contribution in [-0.2, 0) is 10.1 Å². The Bertz CT molecular complexity index is 382. The van der Waals surface area contributed by atoms with E-state index in [1.54, 1.807) is 0 Å². The van der Waals surface area contributed by atoms with Crippen LogP contribution in [0, 0.1) is 0 Å². The van der Waals surface area contributed by atoms with Crippen LogP contribution in [0.25, 0.3) is 0 Å². The Morgan fingerprint density at radius 2 is 1.70 bits per heavy atom. The maximum absolute atomic E-state index is 11.4. The zero-order valence-electron chi connectivity index (χ0n) is 12.7. The predicted octanol–water partition coefficient (Wildman–Crippen LogP) is 0.440. The van der Waals surface area contributed by atoms with E-state index in [2.05, 4.69) is 17.6 Å². The third-order valence-corrected chi connectivity index (χ3v) is 3.79. The number of rotatable bonds is 10. The third kappa shape index (κ3) is 12.2. The number of unbranched alkanes of at least 4 members (excludes halogenated alkanes) is 1. The first kappa shape index (κ1) is 19.1. The maximum atomic E-state index is 11.4. The molecule has 0 aromatic heterocycles. The first-order valence-corrected chi connectivity index (χ1v) is 8.56. The van der Waals surface area contributed by atoms with E-state index in [1.807, 2.05) is 14.1 Å². The van der Waals surface area contributed by atoms with Crippen LogP contribution >= 0.6 is 0 Å². The van der Waals surface area contributed by atoms with Gasteiger partial charge in [0.1, 0.15) is 0 Å². The van der Waals surface area contributed by atoms with Gasteiger partial charge in [-0.1, -0.05) is 13.3 Å². The number of urea groups is 1. The summed E-state index contributed by atoms with van der Waals surface area (Å²) in [6.45, 7) is 4.59. The van der Waals surface area contributed by atoms with Gasteiger partial charge in [0.15, 0.2) is 0 Å². The van der Waals surface area contributed by atoms with Crippen LogP contribution in [-0.4, -0.2) is 69.5 Å². The molecule has 0 heterocycles. The van der Waals surface area contributed by atoms with Crippen molar-refractivity contribution in [1.29, 1.82) is 0 Å². The van der Waals surface area contributed by atoms with E-state index in [0.717, 1.165) is 12.8 Å². The smallest absolute Gasteiger partial charge is 0.314 e. The van der Waals surface area contributed by atoms with Crippen LogP contribution in [0.15, 0.2) is 0 Å². The van der Waals surface area contributed by atoms with Gasteiger partial charge in [0.25, 0.3) is 10.1 Å². The highest BCUT2D eigenvalue weighted by atomic mass is 32.2. The van der Waals surface area contributed by atoms with Crippen molar-refractivity contribution in [3.63, 3.8) is 0 Å². The molecule has 7 nitrogen and oxygen atoms in total. The summed E-state index contributed by atoms with van der Waals surface area (Å²) >= 11 is 0. The molecule has 20 heavy (non-hydrogen) atoms. The lowest BCUT2D eigenvalue weighted by Gasteiger charge is -2.29. The van der Waals surface area contributed by atoms with Gasteiger partial charge in [0.2, 0.25) is 0 Å². The van der Waals surface area contributed by atoms with Gasteiger partial charge < -0.3 is 15.1 Å². The van der Waals surface area contributed by atoms with E-state index in [-0.39, 0.29) is 11.8 Å².